The quantitative estimate of drug-likeness (QED) is 0.244. The van der Waals surface area contributed by atoms with Gasteiger partial charge in [0.15, 0.2) is 0 Å². The highest BCUT2D eigenvalue weighted by atomic mass is 32.2. The van der Waals surface area contributed by atoms with Crippen LogP contribution < -0.4 is 4.90 Å². The third kappa shape index (κ3) is 4.96. The Morgan fingerprint density at radius 2 is 1.97 bits per heavy atom. The molecular formula is C26H27N7O3S2. The van der Waals surface area contributed by atoms with Crippen molar-refractivity contribution in [3.8, 4) is 0 Å². The Bertz CT molecular complexity index is 1580. The average molecular weight is 550 g/mol. The Labute approximate surface area is 227 Å². The van der Waals surface area contributed by atoms with E-state index in [4.69, 9.17) is 0 Å². The van der Waals surface area contributed by atoms with Crippen LogP contribution in [0.25, 0.3) is 9.40 Å². The summed E-state index contributed by atoms with van der Waals surface area (Å²) < 4.78 is 3.14. The first-order valence-electron chi connectivity index (χ1n) is 12.2. The summed E-state index contributed by atoms with van der Waals surface area (Å²) in [7, 11) is 0. The largest absolute Gasteiger partial charge is 0.478 e. The summed E-state index contributed by atoms with van der Waals surface area (Å²) in [4.78, 5) is 32.6. The normalized spacial score (nSPS) is 11.3. The van der Waals surface area contributed by atoms with Gasteiger partial charge in [-0.3, -0.25) is 9.69 Å². The first-order chi connectivity index (χ1) is 18.4. The topological polar surface area (TPSA) is 130 Å². The highest BCUT2D eigenvalue weighted by molar-refractivity contribution is 7.37. The number of fused-ring (bicyclic) bond motifs is 1. The number of hydrogen-bond donors (Lipinski definition) is 2. The number of thiophene rings is 2. The van der Waals surface area contributed by atoms with E-state index in [1.807, 2.05) is 4.57 Å². The molecule has 0 spiro atoms. The molecule has 5 aromatic rings. The number of nitrogens with zero attached hydrogens (tertiary/aromatic N) is 6. The standard InChI is InChI=1S/C26H27N7O3S2/c1-4-5-6-21-27-11-19(32(21)12-17-7-9-18(10-8-17)24(35)36)23(34)33(26-28-30-31-29-26)13-20-16(3)22-15(2)14-37-25(22)38-20/h7-11,14H,4-6,12-13H2,1-3H3,(H,35,36)(H,28,29,30,31). The van der Waals surface area contributed by atoms with Gasteiger partial charge in [-0.1, -0.05) is 30.6 Å². The average Bonchev–Trinajstić information content (AvgIpc) is 3.69. The van der Waals surface area contributed by atoms with E-state index >= 15 is 0 Å². The Balaban J connectivity index is 1.51. The molecule has 2 N–H and O–H groups in total. The first-order valence-corrected chi connectivity index (χ1v) is 13.9. The fraction of sp³-hybridized carbons (Fsp3) is 0.308. The minimum Gasteiger partial charge on any atom is -0.478 e. The van der Waals surface area contributed by atoms with Gasteiger partial charge in [-0.15, -0.1) is 27.8 Å². The zero-order valence-corrected chi connectivity index (χ0v) is 22.9. The number of carboxylic acid groups (broad SMARTS) is 1. The number of nitrogens with one attached hydrogen (secondary N) is 1. The van der Waals surface area contributed by atoms with Crippen molar-refractivity contribution in [1.29, 1.82) is 0 Å². The second kappa shape index (κ2) is 10.8. The SMILES string of the molecule is CCCCc1ncc(C(=O)N(Cc2sc3scc(C)c3c2C)c2nn[nH]n2)n1Cc1ccc(C(=O)O)cc1. The van der Waals surface area contributed by atoms with Gasteiger partial charge in [0.1, 0.15) is 11.5 Å². The van der Waals surface area contributed by atoms with Crippen LogP contribution in [0, 0.1) is 13.8 Å². The minimum atomic E-state index is -0.978. The molecule has 1 amide bonds. The predicted molar refractivity (Wildman–Crippen MR) is 147 cm³/mol. The summed E-state index contributed by atoms with van der Waals surface area (Å²) in [6.07, 6.45) is 4.25. The molecule has 0 aliphatic rings. The third-order valence-corrected chi connectivity index (χ3v) is 9.03. The number of carbonyl (C=O) groups excluding carboxylic acids is 1. The number of aromatic nitrogens is 6. The van der Waals surface area contributed by atoms with Gasteiger partial charge >= 0.3 is 5.97 Å². The Hall–Kier alpha value is -3.90. The maximum atomic E-state index is 14.1. The van der Waals surface area contributed by atoms with Gasteiger partial charge in [0.05, 0.1) is 22.3 Å². The molecule has 0 aliphatic heterocycles. The lowest BCUT2D eigenvalue weighted by Crippen LogP contribution is -2.33. The highest BCUT2D eigenvalue weighted by Gasteiger charge is 2.28. The number of tetrazole rings is 1. The zero-order valence-electron chi connectivity index (χ0n) is 21.3. The van der Waals surface area contributed by atoms with Gasteiger partial charge in [0, 0.05) is 23.2 Å². The first kappa shape index (κ1) is 25.7. The smallest absolute Gasteiger partial charge is 0.335 e. The summed E-state index contributed by atoms with van der Waals surface area (Å²) >= 11 is 3.39. The number of benzene rings is 1. The Kier molecular flexibility index (Phi) is 7.34. The van der Waals surface area contributed by atoms with Crippen molar-refractivity contribution in [3.63, 3.8) is 0 Å². The summed E-state index contributed by atoms with van der Waals surface area (Å²) in [5, 5.41) is 27.0. The molecule has 10 nitrogen and oxygen atoms in total. The predicted octanol–water partition coefficient (Wildman–Crippen LogP) is 5.23. The molecule has 38 heavy (non-hydrogen) atoms. The number of anilines is 1. The van der Waals surface area contributed by atoms with Crippen LogP contribution >= 0.6 is 22.7 Å². The van der Waals surface area contributed by atoms with Crippen LogP contribution in [0.15, 0.2) is 35.8 Å². The molecular weight excluding hydrogens is 522 g/mol. The molecule has 0 atom stereocenters. The Morgan fingerprint density at radius 1 is 1.18 bits per heavy atom. The van der Waals surface area contributed by atoms with Gasteiger partial charge in [0.25, 0.3) is 11.9 Å². The van der Waals surface area contributed by atoms with E-state index in [1.54, 1.807) is 53.1 Å². The molecule has 0 saturated carbocycles. The number of hydrogen-bond acceptors (Lipinski definition) is 8. The van der Waals surface area contributed by atoms with Gasteiger partial charge in [-0.25, -0.2) is 9.78 Å². The number of carbonyl (C=O) groups is 2. The van der Waals surface area contributed by atoms with Gasteiger partial charge < -0.3 is 9.67 Å². The maximum Gasteiger partial charge on any atom is 0.335 e. The van der Waals surface area contributed by atoms with Crippen molar-refractivity contribution >= 4 is 49.9 Å². The van der Waals surface area contributed by atoms with Gasteiger partial charge in [0.2, 0.25) is 0 Å². The minimum absolute atomic E-state index is 0.191. The van der Waals surface area contributed by atoms with Gasteiger partial charge in [-0.2, -0.15) is 5.21 Å². The molecule has 5 rings (SSSR count). The number of unbranched alkanes of at least 4 members (excludes halogenated alkanes) is 1. The number of aromatic carboxylic acids is 1. The summed E-state index contributed by atoms with van der Waals surface area (Å²) in [5.74, 6) is -0.268. The van der Waals surface area contributed by atoms with Crippen LogP contribution in [0.2, 0.25) is 0 Å². The van der Waals surface area contributed by atoms with E-state index in [-0.39, 0.29) is 17.4 Å². The van der Waals surface area contributed by atoms with E-state index < -0.39 is 5.97 Å². The summed E-state index contributed by atoms with van der Waals surface area (Å²) in [6, 6.07) is 6.67. The van der Waals surface area contributed by atoms with Crippen molar-refractivity contribution in [2.75, 3.05) is 4.90 Å². The Morgan fingerprint density at radius 3 is 2.63 bits per heavy atom. The second-order valence-electron chi connectivity index (χ2n) is 9.09. The molecule has 4 aromatic heterocycles. The lowest BCUT2D eigenvalue weighted by Gasteiger charge is -2.20. The van der Waals surface area contributed by atoms with Crippen molar-refractivity contribution in [1.82, 2.24) is 30.2 Å². The molecule has 12 heteroatoms. The second-order valence-corrected chi connectivity index (χ2v) is 11.3. The molecule has 0 radical (unpaired) electrons. The summed E-state index contributed by atoms with van der Waals surface area (Å²) in [5.41, 5.74) is 3.88. The number of carboxylic acids is 1. The van der Waals surface area contributed by atoms with Crippen LogP contribution in [0.5, 0.6) is 0 Å². The van der Waals surface area contributed by atoms with E-state index in [1.165, 1.54) is 19.9 Å². The number of H-pyrrole nitrogens is 1. The van der Waals surface area contributed by atoms with Crippen LogP contribution in [-0.4, -0.2) is 47.2 Å². The highest BCUT2D eigenvalue weighted by Crippen LogP contribution is 2.38. The fourth-order valence-corrected chi connectivity index (χ4v) is 7.00. The number of aromatic amines is 1. The number of imidazole rings is 1. The monoisotopic (exact) mass is 549 g/mol. The van der Waals surface area contributed by atoms with Crippen molar-refractivity contribution in [3.05, 3.63) is 74.5 Å². The van der Waals surface area contributed by atoms with Crippen LogP contribution in [0.3, 0.4) is 0 Å². The molecule has 0 unspecified atom stereocenters. The van der Waals surface area contributed by atoms with Crippen molar-refractivity contribution < 1.29 is 14.7 Å². The van der Waals surface area contributed by atoms with Crippen LogP contribution in [0.1, 0.15) is 68.0 Å². The van der Waals surface area contributed by atoms with Gasteiger partial charge in [-0.05, 0) is 59.7 Å². The van der Waals surface area contributed by atoms with Crippen LogP contribution in [-0.2, 0) is 19.5 Å². The molecule has 196 valence electrons. The van der Waals surface area contributed by atoms with E-state index in [9.17, 15) is 14.7 Å². The molecule has 0 aliphatic carbocycles. The van der Waals surface area contributed by atoms with E-state index in [0.29, 0.717) is 18.8 Å². The van der Waals surface area contributed by atoms with E-state index in [0.717, 1.165) is 41.1 Å². The molecule has 0 bridgehead atoms. The fourth-order valence-electron chi connectivity index (χ4n) is 4.44. The zero-order chi connectivity index (χ0) is 26.8. The molecule has 0 fully saturated rings. The molecule has 0 saturated heterocycles. The van der Waals surface area contributed by atoms with Crippen molar-refractivity contribution in [2.24, 2.45) is 0 Å². The molecule has 4 heterocycles. The number of rotatable bonds is 10. The maximum absolute atomic E-state index is 14.1. The lowest BCUT2D eigenvalue weighted by molar-refractivity contribution is 0.0696. The number of amides is 1. The van der Waals surface area contributed by atoms with Crippen LogP contribution in [0.4, 0.5) is 5.95 Å². The summed E-state index contributed by atoms with van der Waals surface area (Å²) in [6.45, 7) is 6.98. The van der Waals surface area contributed by atoms with Crippen molar-refractivity contribution in [2.45, 2.75) is 53.1 Å². The lowest BCUT2D eigenvalue weighted by atomic mass is 10.1. The molecule has 1 aromatic carbocycles. The number of aryl methyl sites for hydroxylation is 3. The third-order valence-electron chi connectivity index (χ3n) is 6.53. The van der Waals surface area contributed by atoms with E-state index in [2.05, 4.69) is 51.8 Å².